The molecule has 1 aromatic carbocycles. The normalized spacial score (nSPS) is 23.8. The van der Waals surface area contributed by atoms with Crippen LogP contribution in [-0.2, 0) is 4.79 Å². The topological polar surface area (TPSA) is 38.7 Å². The Hall–Kier alpha value is -1.67. The quantitative estimate of drug-likeness (QED) is 0.597. The summed E-state index contributed by atoms with van der Waals surface area (Å²) < 4.78 is 18.4. The van der Waals surface area contributed by atoms with Crippen molar-refractivity contribution in [3.05, 3.63) is 30.1 Å². The van der Waals surface area contributed by atoms with E-state index >= 15 is 0 Å². The van der Waals surface area contributed by atoms with Crippen LogP contribution in [0, 0.1) is 5.82 Å². The second-order valence-corrected chi connectivity index (χ2v) is 4.22. The second kappa shape index (κ2) is 5.60. The van der Waals surface area contributed by atoms with E-state index in [0.717, 1.165) is 25.7 Å². The predicted molar refractivity (Wildman–Crippen MR) is 61.2 cm³/mol. The number of rotatable bonds is 3. The second-order valence-electron chi connectivity index (χ2n) is 4.22. The Labute approximate surface area is 99.3 Å². The molecule has 1 aromatic rings. The monoisotopic (exact) mass is 235 g/mol. The van der Waals surface area contributed by atoms with Gasteiger partial charge in [0.25, 0.3) is 0 Å². The van der Waals surface area contributed by atoms with Gasteiger partial charge in [-0.3, -0.25) is 0 Å². The van der Waals surface area contributed by atoms with Gasteiger partial charge in [0.05, 0.1) is 12.1 Å². The third kappa shape index (κ3) is 3.40. The first-order chi connectivity index (χ1) is 8.28. The van der Waals surface area contributed by atoms with Crippen LogP contribution in [0.3, 0.4) is 0 Å². The number of benzene rings is 1. The molecule has 90 valence electrons. The molecule has 1 aliphatic carbocycles. The average molecular weight is 235 g/mol. The maximum absolute atomic E-state index is 12.7. The van der Waals surface area contributed by atoms with Gasteiger partial charge in [-0.15, -0.1) is 0 Å². The van der Waals surface area contributed by atoms with Crippen LogP contribution < -0.4 is 4.74 Å². The first-order valence-corrected chi connectivity index (χ1v) is 5.77. The Kier molecular flexibility index (Phi) is 3.89. The van der Waals surface area contributed by atoms with Gasteiger partial charge < -0.3 is 4.74 Å². The Morgan fingerprint density at radius 1 is 1.18 bits per heavy atom. The van der Waals surface area contributed by atoms with Crippen molar-refractivity contribution < 1.29 is 13.9 Å². The van der Waals surface area contributed by atoms with Crippen LogP contribution in [0.1, 0.15) is 25.7 Å². The number of carbonyl (C=O) groups excluding carboxylic acids is 1. The summed E-state index contributed by atoms with van der Waals surface area (Å²) in [6.45, 7) is 0. The predicted octanol–water partition coefficient (Wildman–Crippen LogP) is 2.85. The molecule has 0 atom stereocenters. The van der Waals surface area contributed by atoms with Gasteiger partial charge in [-0.1, -0.05) is 0 Å². The summed E-state index contributed by atoms with van der Waals surface area (Å²) in [7, 11) is 0. The van der Waals surface area contributed by atoms with Crippen molar-refractivity contribution in [2.24, 2.45) is 4.99 Å². The average Bonchev–Trinajstić information content (AvgIpc) is 2.35. The van der Waals surface area contributed by atoms with Crippen LogP contribution in [-0.4, -0.2) is 18.2 Å². The molecule has 2 rings (SSSR count). The molecule has 0 saturated heterocycles. The zero-order valence-corrected chi connectivity index (χ0v) is 9.43. The van der Waals surface area contributed by atoms with Crippen LogP contribution >= 0.6 is 0 Å². The molecule has 0 bridgehead atoms. The van der Waals surface area contributed by atoms with Gasteiger partial charge in [-0.05, 0) is 49.9 Å². The Morgan fingerprint density at radius 2 is 1.82 bits per heavy atom. The molecule has 0 aliphatic heterocycles. The molecule has 0 heterocycles. The van der Waals surface area contributed by atoms with Gasteiger partial charge in [0.15, 0.2) is 0 Å². The van der Waals surface area contributed by atoms with Gasteiger partial charge in [0, 0.05) is 0 Å². The van der Waals surface area contributed by atoms with Crippen molar-refractivity contribution in [2.45, 2.75) is 37.8 Å². The number of hydrogen-bond donors (Lipinski definition) is 0. The molecule has 1 saturated carbocycles. The third-order valence-corrected chi connectivity index (χ3v) is 3.00. The highest BCUT2D eigenvalue weighted by atomic mass is 19.1. The van der Waals surface area contributed by atoms with Crippen molar-refractivity contribution in [3.8, 4) is 5.75 Å². The lowest BCUT2D eigenvalue weighted by atomic mass is 9.93. The molecular weight excluding hydrogens is 221 g/mol. The van der Waals surface area contributed by atoms with Gasteiger partial charge >= 0.3 is 0 Å². The summed E-state index contributed by atoms with van der Waals surface area (Å²) in [6, 6.07) is 6.13. The smallest absolute Gasteiger partial charge is 0.235 e. The van der Waals surface area contributed by atoms with Gasteiger partial charge in [-0.2, -0.15) is 0 Å². The standard InChI is InChI=1S/C13H14FNO2/c14-10-1-5-12(6-2-10)17-13-7-3-11(4-8-13)15-9-16/h1-2,5-6,11,13H,3-4,7-8H2. The van der Waals surface area contributed by atoms with E-state index in [-0.39, 0.29) is 18.0 Å². The lowest BCUT2D eigenvalue weighted by Crippen LogP contribution is -2.25. The van der Waals surface area contributed by atoms with Crippen LogP contribution in [0.5, 0.6) is 5.75 Å². The van der Waals surface area contributed by atoms with Crippen LogP contribution in [0.25, 0.3) is 0 Å². The number of hydrogen-bond acceptors (Lipinski definition) is 3. The van der Waals surface area contributed by atoms with E-state index in [1.165, 1.54) is 12.1 Å². The van der Waals surface area contributed by atoms with E-state index in [2.05, 4.69) is 4.99 Å². The van der Waals surface area contributed by atoms with E-state index in [0.29, 0.717) is 5.75 Å². The van der Waals surface area contributed by atoms with Gasteiger partial charge in [-0.25, -0.2) is 14.2 Å². The SMILES string of the molecule is O=C=NC1CCC(Oc2ccc(F)cc2)CC1. The molecular formula is C13H14FNO2. The number of aliphatic imine (C=N–C) groups is 1. The first kappa shape index (κ1) is 11.8. The van der Waals surface area contributed by atoms with Crippen LogP contribution in [0.2, 0.25) is 0 Å². The summed E-state index contributed by atoms with van der Waals surface area (Å²) >= 11 is 0. The molecule has 1 fully saturated rings. The number of isocyanates is 1. The molecule has 17 heavy (non-hydrogen) atoms. The minimum absolute atomic E-state index is 0.0977. The molecule has 0 spiro atoms. The maximum atomic E-state index is 12.7. The molecule has 0 radical (unpaired) electrons. The van der Waals surface area contributed by atoms with Crippen LogP contribution in [0.15, 0.2) is 29.3 Å². The first-order valence-electron chi connectivity index (χ1n) is 5.77. The fourth-order valence-corrected chi connectivity index (χ4v) is 2.07. The largest absolute Gasteiger partial charge is 0.490 e. The van der Waals surface area contributed by atoms with Crippen molar-refractivity contribution >= 4 is 6.08 Å². The molecule has 1 aliphatic rings. The number of ether oxygens (including phenoxy) is 1. The maximum Gasteiger partial charge on any atom is 0.235 e. The third-order valence-electron chi connectivity index (χ3n) is 3.00. The van der Waals surface area contributed by atoms with Crippen LogP contribution in [0.4, 0.5) is 4.39 Å². The van der Waals surface area contributed by atoms with Gasteiger partial charge in [0.2, 0.25) is 6.08 Å². The van der Waals surface area contributed by atoms with Crippen molar-refractivity contribution in [3.63, 3.8) is 0 Å². The highest BCUT2D eigenvalue weighted by molar-refractivity contribution is 5.33. The number of halogens is 1. The minimum Gasteiger partial charge on any atom is -0.490 e. The van der Waals surface area contributed by atoms with E-state index in [4.69, 9.17) is 4.74 Å². The molecule has 0 N–H and O–H groups in total. The molecule has 3 nitrogen and oxygen atoms in total. The highest BCUT2D eigenvalue weighted by Gasteiger charge is 2.21. The molecule has 0 aromatic heterocycles. The van der Waals surface area contributed by atoms with Crippen molar-refractivity contribution in [2.75, 3.05) is 0 Å². The Bertz CT molecular complexity index is 404. The van der Waals surface area contributed by atoms with Crippen molar-refractivity contribution in [1.82, 2.24) is 0 Å². The summed E-state index contributed by atoms with van der Waals surface area (Å²) in [5.41, 5.74) is 0. The van der Waals surface area contributed by atoms with E-state index in [9.17, 15) is 9.18 Å². The lowest BCUT2D eigenvalue weighted by molar-refractivity contribution is 0.147. The fourth-order valence-electron chi connectivity index (χ4n) is 2.07. The van der Waals surface area contributed by atoms with Gasteiger partial charge in [0.1, 0.15) is 11.6 Å². The molecule has 4 heteroatoms. The highest BCUT2D eigenvalue weighted by Crippen LogP contribution is 2.25. The fraction of sp³-hybridized carbons (Fsp3) is 0.462. The number of nitrogens with zero attached hydrogens (tertiary/aromatic N) is 1. The van der Waals surface area contributed by atoms with E-state index in [1.807, 2.05) is 0 Å². The zero-order valence-electron chi connectivity index (χ0n) is 9.43. The lowest BCUT2D eigenvalue weighted by Gasteiger charge is -2.26. The summed E-state index contributed by atoms with van der Waals surface area (Å²) in [5.74, 6) is 0.426. The minimum atomic E-state index is -0.263. The Balaban J connectivity index is 1.85. The van der Waals surface area contributed by atoms with E-state index in [1.54, 1.807) is 18.2 Å². The summed E-state index contributed by atoms with van der Waals surface area (Å²) in [6.07, 6.45) is 5.17. The van der Waals surface area contributed by atoms with E-state index < -0.39 is 0 Å². The Morgan fingerprint density at radius 3 is 2.41 bits per heavy atom. The zero-order chi connectivity index (χ0) is 12.1. The van der Waals surface area contributed by atoms with Crippen molar-refractivity contribution in [1.29, 1.82) is 0 Å². The molecule has 0 amide bonds. The molecule has 0 unspecified atom stereocenters. The summed E-state index contributed by atoms with van der Waals surface area (Å²) in [4.78, 5) is 13.8. The summed E-state index contributed by atoms with van der Waals surface area (Å²) in [5, 5.41) is 0.